The molecule has 0 saturated carbocycles. The summed E-state index contributed by atoms with van der Waals surface area (Å²) in [5, 5.41) is 11.9. The van der Waals surface area contributed by atoms with Crippen molar-refractivity contribution in [2.75, 3.05) is 5.32 Å². The van der Waals surface area contributed by atoms with Crippen LogP contribution in [0.2, 0.25) is 0 Å². The number of rotatable bonds is 7. The summed E-state index contributed by atoms with van der Waals surface area (Å²) >= 11 is 0. The summed E-state index contributed by atoms with van der Waals surface area (Å²) in [4.78, 5) is 24.2. The molecular formula is C20H24N2O3. The highest BCUT2D eigenvalue weighted by Gasteiger charge is 2.22. The highest BCUT2D eigenvalue weighted by molar-refractivity contribution is 5.92. The molecule has 2 atom stereocenters. The van der Waals surface area contributed by atoms with Crippen LogP contribution < -0.4 is 10.8 Å². The minimum Gasteiger partial charge on any atom is -0.326 e. The van der Waals surface area contributed by atoms with Gasteiger partial charge in [0.1, 0.15) is 0 Å². The Morgan fingerprint density at radius 3 is 2.12 bits per heavy atom. The van der Waals surface area contributed by atoms with E-state index in [1.54, 1.807) is 29.7 Å². The van der Waals surface area contributed by atoms with Crippen molar-refractivity contribution < 1.29 is 14.8 Å². The van der Waals surface area contributed by atoms with E-state index in [4.69, 9.17) is 5.21 Å². The molecule has 0 aliphatic carbocycles. The van der Waals surface area contributed by atoms with Crippen LogP contribution in [0.15, 0.2) is 54.6 Å². The molecular weight excluding hydrogens is 316 g/mol. The molecule has 0 aliphatic heterocycles. The average molecular weight is 340 g/mol. The van der Waals surface area contributed by atoms with Gasteiger partial charge >= 0.3 is 0 Å². The zero-order chi connectivity index (χ0) is 18.2. The standard InChI is InChI=1S/C20H24N2O3/c1-3-7-14(2)19(23)21-17-12-10-16(11-13-17)18(20(24)22-25)15-8-5-4-6-9-15/h4-6,8-14,18,25H,3,7H2,1-2H3,(H,21,23)(H,22,24). The van der Waals surface area contributed by atoms with Gasteiger partial charge in [-0.05, 0) is 29.7 Å². The van der Waals surface area contributed by atoms with E-state index in [0.29, 0.717) is 5.69 Å². The lowest BCUT2D eigenvalue weighted by molar-refractivity contribution is -0.129. The van der Waals surface area contributed by atoms with Gasteiger partial charge in [-0.15, -0.1) is 0 Å². The molecule has 2 rings (SSSR count). The Balaban J connectivity index is 2.19. The lowest BCUT2D eigenvalue weighted by Crippen LogP contribution is -2.27. The van der Waals surface area contributed by atoms with Crippen molar-refractivity contribution in [3.63, 3.8) is 0 Å². The highest BCUT2D eigenvalue weighted by Crippen LogP contribution is 2.26. The minimum absolute atomic E-state index is 0.0117. The van der Waals surface area contributed by atoms with Crippen LogP contribution in [0.25, 0.3) is 0 Å². The number of nitrogens with one attached hydrogen (secondary N) is 2. The summed E-state index contributed by atoms with van der Waals surface area (Å²) in [5.41, 5.74) is 3.93. The molecule has 0 radical (unpaired) electrons. The van der Waals surface area contributed by atoms with Gasteiger partial charge in [0.15, 0.2) is 0 Å². The van der Waals surface area contributed by atoms with Crippen molar-refractivity contribution in [1.82, 2.24) is 5.48 Å². The Labute approximate surface area is 148 Å². The van der Waals surface area contributed by atoms with Crippen LogP contribution in [0.5, 0.6) is 0 Å². The van der Waals surface area contributed by atoms with Crippen molar-refractivity contribution in [2.24, 2.45) is 5.92 Å². The molecule has 0 saturated heterocycles. The lowest BCUT2D eigenvalue weighted by atomic mass is 9.90. The average Bonchev–Trinajstić information content (AvgIpc) is 2.64. The van der Waals surface area contributed by atoms with Gasteiger partial charge in [-0.1, -0.05) is 62.7 Å². The third kappa shape index (κ3) is 4.90. The van der Waals surface area contributed by atoms with E-state index >= 15 is 0 Å². The second-order valence-electron chi connectivity index (χ2n) is 6.12. The number of hydrogen-bond acceptors (Lipinski definition) is 3. The second kappa shape index (κ2) is 8.99. The second-order valence-corrected chi connectivity index (χ2v) is 6.12. The highest BCUT2D eigenvalue weighted by atomic mass is 16.5. The molecule has 0 aliphatic rings. The van der Waals surface area contributed by atoms with E-state index < -0.39 is 11.8 Å². The van der Waals surface area contributed by atoms with E-state index in [1.165, 1.54) is 0 Å². The van der Waals surface area contributed by atoms with E-state index in [-0.39, 0.29) is 11.8 Å². The molecule has 2 unspecified atom stereocenters. The lowest BCUT2D eigenvalue weighted by Gasteiger charge is -2.17. The van der Waals surface area contributed by atoms with Crippen LogP contribution in [0.1, 0.15) is 43.7 Å². The summed E-state index contributed by atoms with van der Waals surface area (Å²) in [5.74, 6) is -1.17. The predicted octanol–water partition coefficient (Wildman–Crippen LogP) is 3.70. The first-order valence-electron chi connectivity index (χ1n) is 8.46. The van der Waals surface area contributed by atoms with E-state index in [9.17, 15) is 9.59 Å². The Bertz CT molecular complexity index is 699. The summed E-state index contributed by atoms with van der Waals surface area (Å²) in [6.07, 6.45) is 1.80. The van der Waals surface area contributed by atoms with Crippen LogP contribution in [0.4, 0.5) is 5.69 Å². The summed E-state index contributed by atoms with van der Waals surface area (Å²) < 4.78 is 0. The molecule has 0 fully saturated rings. The van der Waals surface area contributed by atoms with Crippen molar-refractivity contribution in [1.29, 1.82) is 0 Å². The van der Waals surface area contributed by atoms with Crippen molar-refractivity contribution >= 4 is 17.5 Å². The van der Waals surface area contributed by atoms with Crippen LogP contribution in [-0.2, 0) is 9.59 Å². The topological polar surface area (TPSA) is 78.4 Å². The summed E-state index contributed by atoms with van der Waals surface area (Å²) in [7, 11) is 0. The number of hydrogen-bond donors (Lipinski definition) is 3. The van der Waals surface area contributed by atoms with Gasteiger partial charge < -0.3 is 5.32 Å². The summed E-state index contributed by atoms with van der Waals surface area (Å²) in [6.45, 7) is 3.96. The molecule has 2 aromatic rings. The molecule has 0 bridgehead atoms. The Morgan fingerprint density at radius 1 is 0.960 bits per heavy atom. The minimum atomic E-state index is -0.616. The fourth-order valence-corrected chi connectivity index (χ4v) is 2.79. The SMILES string of the molecule is CCCC(C)C(=O)Nc1ccc(C(C(=O)NO)c2ccccc2)cc1. The van der Waals surface area contributed by atoms with Gasteiger partial charge in [0.25, 0.3) is 5.91 Å². The molecule has 0 heterocycles. The number of hydroxylamine groups is 1. The quantitative estimate of drug-likeness (QED) is 0.531. The van der Waals surface area contributed by atoms with Crippen molar-refractivity contribution in [3.05, 3.63) is 65.7 Å². The molecule has 5 heteroatoms. The molecule has 132 valence electrons. The van der Waals surface area contributed by atoms with Crippen molar-refractivity contribution in [3.8, 4) is 0 Å². The van der Waals surface area contributed by atoms with Crippen LogP contribution in [-0.4, -0.2) is 17.0 Å². The molecule has 2 amide bonds. The molecule has 3 N–H and O–H groups in total. The smallest absolute Gasteiger partial charge is 0.255 e. The molecule has 0 spiro atoms. The van der Waals surface area contributed by atoms with Gasteiger partial charge in [-0.3, -0.25) is 14.8 Å². The Hall–Kier alpha value is -2.66. The monoisotopic (exact) mass is 340 g/mol. The first kappa shape index (κ1) is 18.7. The first-order valence-corrected chi connectivity index (χ1v) is 8.46. The fraction of sp³-hybridized carbons (Fsp3) is 0.300. The Kier molecular flexibility index (Phi) is 6.71. The fourth-order valence-electron chi connectivity index (χ4n) is 2.79. The molecule has 5 nitrogen and oxygen atoms in total. The van der Waals surface area contributed by atoms with Gasteiger partial charge in [-0.2, -0.15) is 0 Å². The summed E-state index contributed by atoms with van der Waals surface area (Å²) in [6, 6.07) is 16.3. The normalized spacial score (nSPS) is 12.9. The van der Waals surface area contributed by atoms with Gasteiger partial charge in [-0.25, -0.2) is 5.48 Å². The van der Waals surface area contributed by atoms with Crippen LogP contribution in [0.3, 0.4) is 0 Å². The maximum absolute atomic E-state index is 12.1. The van der Waals surface area contributed by atoms with Gasteiger partial charge in [0, 0.05) is 11.6 Å². The molecule has 2 aromatic carbocycles. The predicted molar refractivity (Wildman–Crippen MR) is 97.4 cm³/mol. The van der Waals surface area contributed by atoms with Crippen LogP contribution >= 0.6 is 0 Å². The van der Waals surface area contributed by atoms with E-state index in [0.717, 1.165) is 24.0 Å². The van der Waals surface area contributed by atoms with E-state index in [2.05, 4.69) is 12.2 Å². The largest absolute Gasteiger partial charge is 0.326 e. The molecule has 0 aromatic heterocycles. The zero-order valence-electron chi connectivity index (χ0n) is 14.5. The maximum atomic E-state index is 12.1. The Morgan fingerprint density at radius 2 is 1.56 bits per heavy atom. The third-order valence-electron chi connectivity index (χ3n) is 4.19. The number of carbonyl (C=O) groups is 2. The number of anilines is 1. The number of amides is 2. The number of benzene rings is 2. The number of carbonyl (C=O) groups excluding carboxylic acids is 2. The van der Waals surface area contributed by atoms with Crippen LogP contribution in [0, 0.1) is 5.92 Å². The van der Waals surface area contributed by atoms with Gasteiger partial charge in [0.05, 0.1) is 5.92 Å². The van der Waals surface area contributed by atoms with Gasteiger partial charge in [0.2, 0.25) is 5.91 Å². The molecule has 25 heavy (non-hydrogen) atoms. The first-order chi connectivity index (χ1) is 12.1. The maximum Gasteiger partial charge on any atom is 0.255 e. The third-order valence-corrected chi connectivity index (χ3v) is 4.19. The van der Waals surface area contributed by atoms with E-state index in [1.807, 2.05) is 37.3 Å². The van der Waals surface area contributed by atoms with Crippen molar-refractivity contribution in [2.45, 2.75) is 32.6 Å². The zero-order valence-corrected chi connectivity index (χ0v) is 14.5.